The molecule has 1 aliphatic carbocycles. The van der Waals surface area contributed by atoms with E-state index in [9.17, 15) is 13.2 Å². The number of hydrogen-bond acceptors (Lipinski definition) is 6. The Balaban J connectivity index is 1.53. The molecule has 2 aromatic rings. The molecule has 2 heterocycles. The van der Waals surface area contributed by atoms with Crippen molar-refractivity contribution in [2.24, 2.45) is 17.8 Å². The number of carbonyl (C=O) groups excluding carboxylic acids is 1. The van der Waals surface area contributed by atoms with Crippen molar-refractivity contribution in [3.8, 4) is 5.75 Å². The van der Waals surface area contributed by atoms with Crippen molar-refractivity contribution in [2.45, 2.75) is 83.2 Å². The van der Waals surface area contributed by atoms with Crippen LogP contribution in [0.5, 0.6) is 5.75 Å². The maximum absolute atomic E-state index is 13.3. The second-order valence-electron chi connectivity index (χ2n) is 12.2. The van der Waals surface area contributed by atoms with Crippen LogP contribution in [0, 0.1) is 17.8 Å². The zero-order chi connectivity index (χ0) is 29.1. The highest BCUT2D eigenvalue weighted by atomic mass is 35.5. The molecule has 0 spiro atoms. The number of anilines is 1. The molecule has 0 radical (unpaired) electrons. The lowest BCUT2D eigenvalue weighted by Gasteiger charge is -2.44. The number of sulfonamides is 1. The Morgan fingerprint density at radius 1 is 1.00 bits per heavy atom. The summed E-state index contributed by atoms with van der Waals surface area (Å²) in [4.78, 5) is 15.7. The van der Waals surface area contributed by atoms with Crippen LogP contribution in [-0.4, -0.2) is 45.9 Å². The summed E-state index contributed by atoms with van der Waals surface area (Å²) in [5.74, 6) is 0.946. The molecule has 5 rings (SSSR count). The number of aryl methyl sites for hydroxylation is 1. The van der Waals surface area contributed by atoms with Crippen LogP contribution in [0.2, 0.25) is 5.02 Å². The van der Waals surface area contributed by atoms with E-state index in [1.807, 2.05) is 37.3 Å². The second kappa shape index (κ2) is 12.9. The van der Waals surface area contributed by atoms with Crippen molar-refractivity contribution in [1.29, 1.82) is 0 Å². The molecular formula is C32H43ClN2O5S. The molecule has 7 nitrogen and oxygen atoms in total. The van der Waals surface area contributed by atoms with Crippen LogP contribution in [-0.2, 0) is 27.8 Å². The third-order valence-corrected chi connectivity index (χ3v) is 11.8. The van der Waals surface area contributed by atoms with Gasteiger partial charge in [0.2, 0.25) is 10.0 Å². The van der Waals surface area contributed by atoms with Gasteiger partial charge in [0.25, 0.3) is 5.91 Å². The number of hydrogen-bond donors (Lipinski definition) is 1. The molecule has 41 heavy (non-hydrogen) atoms. The van der Waals surface area contributed by atoms with Crippen molar-refractivity contribution in [2.75, 3.05) is 25.1 Å². The molecular weight excluding hydrogens is 560 g/mol. The molecule has 1 fully saturated rings. The smallest absolute Gasteiger partial charge is 0.264 e. The van der Waals surface area contributed by atoms with Gasteiger partial charge in [0, 0.05) is 30.8 Å². The van der Waals surface area contributed by atoms with Gasteiger partial charge in [-0.25, -0.2) is 13.1 Å². The normalized spacial score (nSPS) is 29.0. The molecule has 0 unspecified atom stereocenters. The van der Waals surface area contributed by atoms with Crippen LogP contribution < -0.4 is 14.4 Å². The van der Waals surface area contributed by atoms with Gasteiger partial charge in [-0.1, -0.05) is 31.0 Å². The third kappa shape index (κ3) is 6.86. The average Bonchev–Trinajstić information content (AvgIpc) is 2.96. The number of fused-ring (bicyclic) bond motifs is 3. The van der Waals surface area contributed by atoms with Crippen LogP contribution in [0.4, 0.5) is 5.69 Å². The van der Waals surface area contributed by atoms with Gasteiger partial charge in [-0.2, -0.15) is 0 Å². The van der Waals surface area contributed by atoms with Crippen LogP contribution in [0.3, 0.4) is 0 Å². The van der Waals surface area contributed by atoms with Gasteiger partial charge in [0.15, 0.2) is 0 Å². The Morgan fingerprint density at radius 3 is 2.59 bits per heavy atom. The SMILES string of the molecule is CO[C@H]1CCC[C@H](C)[C@@H](C)S(=O)(=O)NC(=O)c2ccc3c(c2)N(CCCCc2cc(Cl)ccc2CO3)C[C@@H]2CC[C@H]21. The summed E-state index contributed by atoms with van der Waals surface area (Å²) >= 11 is 6.32. The summed E-state index contributed by atoms with van der Waals surface area (Å²) in [6, 6.07) is 11.2. The summed E-state index contributed by atoms with van der Waals surface area (Å²) < 4.78 is 41.2. The Bertz CT molecular complexity index is 1350. The number of methoxy groups -OCH3 is 1. The standard InChI is InChI=1S/C32H43ClN2O5S/c1-21-7-6-9-30(39-3)28-14-11-25(28)19-35-16-5-4-8-23-17-27(33)13-10-26(23)20-40-31-15-12-24(18-29(31)35)32(36)34-41(37,38)22(21)2/h10,12-13,15,17-18,21-22,25,28,30H,4-9,11,14,16,19-20H2,1-3H3,(H,34,36)/t21-,22+,25-,28+,30-/m0/s1. The first-order valence-corrected chi connectivity index (χ1v) is 17.0. The zero-order valence-electron chi connectivity index (χ0n) is 24.4. The first-order valence-electron chi connectivity index (χ1n) is 15.0. The first kappa shape index (κ1) is 30.2. The average molecular weight is 603 g/mol. The minimum atomic E-state index is -3.85. The number of amides is 1. The number of benzene rings is 2. The predicted octanol–water partition coefficient (Wildman–Crippen LogP) is 6.37. The fourth-order valence-corrected chi connectivity index (χ4v) is 8.15. The summed E-state index contributed by atoms with van der Waals surface area (Å²) in [6.45, 7) is 5.68. The monoisotopic (exact) mass is 602 g/mol. The molecule has 3 aliphatic rings. The number of nitrogens with zero attached hydrogens (tertiary/aromatic N) is 1. The molecule has 1 N–H and O–H groups in total. The Morgan fingerprint density at radius 2 is 1.83 bits per heavy atom. The molecule has 5 atom stereocenters. The topological polar surface area (TPSA) is 84.9 Å². The van der Waals surface area contributed by atoms with E-state index in [0.717, 1.165) is 80.7 Å². The largest absolute Gasteiger partial charge is 0.487 e. The summed E-state index contributed by atoms with van der Waals surface area (Å²) in [5.41, 5.74) is 3.45. The van der Waals surface area contributed by atoms with Crippen LogP contribution in [0.25, 0.3) is 0 Å². The van der Waals surface area contributed by atoms with E-state index in [1.54, 1.807) is 20.1 Å². The highest BCUT2D eigenvalue weighted by Crippen LogP contribution is 2.42. The molecule has 0 aromatic heterocycles. The number of carbonyl (C=O) groups is 1. The van der Waals surface area contributed by atoms with Gasteiger partial charge < -0.3 is 14.4 Å². The van der Waals surface area contributed by atoms with Crippen molar-refractivity contribution in [3.63, 3.8) is 0 Å². The lowest BCUT2D eigenvalue weighted by atomic mass is 9.69. The molecule has 9 heteroatoms. The van der Waals surface area contributed by atoms with E-state index in [2.05, 4.69) is 9.62 Å². The van der Waals surface area contributed by atoms with Gasteiger partial charge in [-0.15, -0.1) is 0 Å². The molecule has 2 bridgehead atoms. The maximum Gasteiger partial charge on any atom is 0.264 e. The number of rotatable bonds is 1. The summed E-state index contributed by atoms with van der Waals surface area (Å²) in [6.07, 6.45) is 7.90. The van der Waals surface area contributed by atoms with Crippen LogP contribution >= 0.6 is 11.6 Å². The fraction of sp³-hybridized carbons (Fsp3) is 0.594. The van der Waals surface area contributed by atoms with E-state index in [1.165, 1.54) is 5.56 Å². The van der Waals surface area contributed by atoms with Gasteiger partial charge >= 0.3 is 0 Å². The second-order valence-corrected chi connectivity index (χ2v) is 14.6. The van der Waals surface area contributed by atoms with Crippen LogP contribution in [0.15, 0.2) is 36.4 Å². The molecule has 2 aromatic carbocycles. The van der Waals surface area contributed by atoms with E-state index in [4.69, 9.17) is 21.1 Å². The maximum atomic E-state index is 13.3. The van der Waals surface area contributed by atoms with Crippen LogP contribution in [0.1, 0.15) is 80.3 Å². The molecule has 2 aliphatic heterocycles. The molecule has 1 saturated carbocycles. The minimum Gasteiger partial charge on any atom is -0.487 e. The molecule has 0 saturated heterocycles. The van der Waals surface area contributed by atoms with E-state index in [0.29, 0.717) is 29.8 Å². The molecule has 1 amide bonds. The lowest BCUT2D eigenvalue weighted by Crippen LogP contribution is -2.44. The van der Waals surface area contributed by atoms with E-state index < -0.39 is 21.2 Å². The van der Waals surface area contributed by atoms with Gasteiger partial charge in [-0.3, -0.25) is 4.79 Å². The van der Waals surface area contributed by atoms with Gasteiger partial charge in [0.1, 0.15) is 12.4 Å². The number of halogens is 1. The third-order valence-electron chi connectivity index (χ3n) is 9.62. The van der Waals surface area contributed by atoms with Crippen molar-refractivity contribution >= 4 is 33.2 Å². The van der Waals surface area contributed by atoms with Crippen molar-refractivity contribution in [1.82, 2.24) is 4.72 Å². The number of ether oxygens (including phenoxy) is 2. The van der Waals surface area contributed by atoms with Crippen molar-refractivity contribution in [3.05, 3.63) is 58.1 Å². The highest BCUT2D eigenvalue weighted by Gasteiger charge is 2.39. The first-order chi connectivity index (χ1) is 19.7. The van der Waals surface area contributed by atoms with Crippen molar-refractivity contribution < 1.29 is 22.7 Å². The van der Waals surface area contributed by atoms with E-state index >= 15 is 0 Å². The quantitative estimate of drug-likeness (QED) is 0.408. The minimum absolute atomic E-state index is 0.0861. The lowest BCUT2D eigenvalue weighted by molar-refractivity contribution is -0.0222. The van der Waals surface area contributed by atoms with E-state index in [-0.39, 0.29) is 12.0 Å². The Hall–Kier alpha value is -2.29. The molecule has 224 valence electrons. The highest BCUT2D eigenvalue weighted by molar-refractivity contribution is 7.90. The van der Waals surface area contributed by atoms with Gasteiger partial charge in [-0.05, 0) is 111 Å². The number of nitrogens with one attached hydrogen (secondary N) is 1. The van der Waals surface area contributed by atoms with Gasteiger partial charge in [0.05, 0.1) is 17.0 Å². The summed E-state index contributed by atoms with van der Waals surface area (Å²) in [7, 11) is -2.05. The Labute approximate surface area is 250 Å². The zero-order valence-corrected chi connectivity index (χ0v) is 26.0. The summed E-state index contributed by atoms with van der Waals surface area (Å²) in [5, 5.41) is 0.0354. The predicted molar refractivity (Wildman–Crippen MR) is 163 cm³/mol. The fourth-order valence-electron chi connectivity index (χ4n) is 6.64. The Kier molecular flexibility index (Phi) is 9.51.